The van der Waals surface area contributed by atoms with Crippen molar-refractivity contribution in [3.05, 3.63) is 18.2 Å². The van der Waals surface area contributed by atoms with Crippen LogP contribution in [-0.4, -0.2) is 4.57 Å². The van der Waals surface area contributed by atoms with E-state index in [-0.39, 0.29) is 0 Å². The molecule has 0 unspecified atom stereocenters. The Balaban J connectivity index is 2.26. The Labute approximate surface area is 119 Å². The zero-order chi connectivity index (χ0) is 13.9. The Morgan fingerprint density at radius 2 is 1.58 bits per heavy atom. The van der Waals surface area contributed by atoms with E-state index in [4.69, 9.17) is 0 Å². The predicted octanol–water partition coefficient (Wildman–Crippen LogP) is 4.50. The minimum absolute atomic E-state index is 1.10. The van der Waals surface area contributed by atoms with E-state index < -0.39 is 0 Å². The van der Waals surface area contributed by atoms with Crippen LogP contribution in [-0.2, 0) is 19.5 Å². The van der Waals surface area contributed by atoms with Crippen LogP contribution in [0.2, 0.25) is 0 Å². The first-order valence-electron chi connectivity index (χ1n) is 8.40. The van der Waals surface area contributed by atoms with Crippen LogP contribution in [0.1, 0.15) is 78.0 Å². The molecular weight excluding hydrogens is 232 g/mol. The first kappa shape index (κ1) is 16.3. The molecule has 0 N–H and O–H groups in total. The number of imidazole rings is 1. The van der Waals surface area contributed by atoms with Gasteiger partial charge in [-0.3, -0.25) is 0 Å². The fraction of sp³-hybridized carbons (Fsp3) is 0.824. The molecule has 0 radical (unpaired) electrons. The van der Waals surface area contributed by atoms with Crippen molar-refractivity contribution in [3.63, 3.8) is 0 Å². The minimum Gasteiger partial charge on any atom is -0.235 e. The highest BCUT2D eigenvalue weighted by Gasteiger charge is 2.14. The highest BCUT2D eigenvalue weighted by Crippen LogP contribution is 2.09. The molecule has 1 aromatic heterocycles. The third-order valence-corrected chi connectivity index (χ3v) is 3.91. The maximum atomic E-state index is 2.47. The number of hydrogen-bond acceptors (Lipinski definition) is 0. The van der Waals surface area contributed by atoms with E-state index in [1.54, 1.807) is 0 Å². The molecule has 1 aromatic rings. The van der Waals surface area contributed by atoms with E-state index in [0.717, 1.165) is 6.54 Å². The van der Waals surface area contributed by atoms with E-state index in [9.17, 15) is 0 Å². The molecule has 0 aromatic carbocycles. The summed E-state index contributed by atoms with van der Waals surface area (Å²) in [7, 11) is 0. The number of aromatic nitrogens is 2. The molecule has 0 aliphatic rings. The van der Waals surface area contributed by atoms with Crippen LogP contribution >= 0.6 is 0 Å². The minimum atomic E-state index is 1.10. The molecule has 0 bridgehead atoms. The molecule has 0 saturated carbocycles. The maximum absolute atomic E-state index is 2.47. The SMILES string of the molecule is CCCCCCCCCn1cc[n+](CC)c1CCC. The second kappa shape index (κ2) is 10.1. The van der Waals surface area contributed by atoms with Crippen molar-refractivity contribution in [2.45, 2.75) is 91.6 Å². The molecule has 1 heterocycles. The van der Waals surface area contributed by atoms with Crippen LogP contribution in [0, 0.1) is 0 Å². The van der Waals surface area contributed by atoms with Gasteiger partial charge >= 0.3 is 0 Å². The lowest BCUT2D eigenvalue weighted by atomic mass is 10.1. The summed E-state index contributed by atoms with van der Waals surface area (Å²) in [5.41, 5.74) is 0. The van der Waals surface area contributed by atoms with Crippen LogP contribution in [0.25, 0.3) is 0 Å². The van der Waals surface area contributed by atoms with Crippen molar-refractivity contribution in [3.8, 4) is 0 Å². The fourth-order valence-corrected chi connectivity index (χ4v) is 2.74. The van der Waals surface area contributed by atoms with E-state index >= 15 is 0 Å². The third-order valence-electron chi connectivity index (χ3n) is 3.91. The summed E-state index contributed by atoms with van der Waals surface area (Å²) in [6.45, 7) is 9.09. The van der Waals surface area contributed by atoms with E-state index in [1.807, 2.05) is 0 Å². The van der Waals surface area contributed by atoms with E-state index in [0.29, 0.717) is 0 Å². The Morgan fingerprint density at radius 3 is 2.21 bits per heavy atom. The topological polar surface area (TPSA) is 8.81 Å². The largest absolute Gasteiger partial charge is 0.256 e. The van der Waals surface area contributed by atoms with Gasteiger partial charge in [0.05, 0.1) is 13.1 Å². The van der Waals surface area contributed by atoms with E-state index in [2.05, 4.69) is 42.3 Å². The van der Waals surface area contributed by atoms with Gasteiger partial charge < -0.3 is 0 Å². The Hall–Kier alpha value is -0.790. The molecule has 0 amide bonds. The summed E-state index contributed by atoms with van der Waals surface area (Å²) in [6.07, 6.45) is 16.7. The molecule has 0 spiro atoms. The van der Waals surface area contributed by atoms with Gasteiger partial charge in [-0.05, 0) is 26.2 Å². The van der Waals surface area contributed by atoms with Gasteiger partial charge in [0.2, 0.25) is 0 Å². The number of rotatable bonds is 11. The van der Waals surface area contributed by atoms with Crippen molar-refractivity contribution in [1.29, 1.82) is 0 Å². The van der Waals surface area contributed by atoms with Crippen molar-refractivity contribution < 1.29 is 4.57 Å². The van der Waals surface area contributed by atoms with Gasteiger partial charge in [-0.25, -0.2) is 9.13 Å². The molecule has 0 aliphatic heterocycles. The maximum Gasteiger partial charge on any atom is 0.256 e. The van der Waals surface area contributed by atoms with Gasteiger partial charge in [0.25, 0.3) is 5.82 Å². The van der Waals surface area contributed by atoms with Crippen LogP contribution < -0.4 is 4.57 Å². The molecule has 1 rings (SSSR count). The van der Waals surface area contributed by atoms with Gasteiger partial charge in [-0.1, -0.05) is 46.0 Å². The fourth-order valence-electron chi connectivity index (χ4n) is 2.74. The average Bonchev–Trinajstić information content (AvgIpc) is 2.81. The average molecular weight is 265 g/mol. The normalized spacial score (nSPS) is 11.1. The lowest BCUT2D eigenvalue weighted by Gasteiger charge is -2.03. The zero-order valence-electron chi connectivity index (χ0n) is 13.3. The van der Waals surface area contributed by atoms with Gasteiger partial charge in [-0.2, -0.15) is 0 Å². The number of nitrogens with zero attached hydrogens (tertiary/aromatic N) is 2. The highest BCUT2D eigenvalue weighted by atomic mass is 15.1. The van der Waals surface area contributed by atoms with Gasteiger partial charge in [0.15, 0.2) is 0 Å². The second-order valence-electron chi connectivity index (χ2n) is 5.57. The summed E-state index contributed by atoms with van der Waals surface area (Å²) in [4.78, 5) is 0. The lowest BCUT2D eigenvalue weighted by Crippen LogP contribution is -2.35. The molecule has 2 nitrogen and oxygen atoms in total. The quantitative estimate of drug-likeness (QED) is 0.411. The summed E-state index contributed by atoms with van der Waals surface area (Å²) in [6, 6.07) is 0. The molecule has 0 atom stereocenters. The Kier molecular flexibility index (Phi) is 8.61. The number of aryl methyl sites for hydroxylation is 2. The molecular formula is C17H33N2+. The zero-order valence-corrected chi connectivity index (χ0v) is 13.3. The Bertz CT molecular complexity index is 328. The monoisotopic (exact) mass is 265 g/mol. The molecule has 110 valence electrons. The third kappa shape index (κ3) is 5.80. The summed E-state index contributed by atoms with van der Waals surface area (Å²) in [5, 5.41) is 0. The number of hydrogen-bond donors (Lipinski definition) is 0. The Morgan fingerprint density at radius 1 is 0.895 bits per heavy atom. The molecule has 0 saturated heterocycles. The van der Waals surface area contributed by atoms with Crippen LogP contribution in [0.5, 0.6) is 0 Å². The summed E-state index contributed by atoms with van der Waals surface area (Å²) in [5.74, 6) is 1.51. The van der Waals surface area contributed by atoms with Gasteiger partial charge in [0.1, 0.15) is 12.4 Å². The molecule has 0 fully saturated rings. The molecule has 2 heteroatoms. The predicted molar refractivity (Wildman–Crippen MR) is 82.3 cm³/mol. The van der Waals surface area contributed by atoms with E-state index in [1.165, 1.54) is 70.2 Å². The van der Waals surface area contributed by atoms with Crippen LogP contribution in [0.15, 0.2) is 12.4 Å². The van der Waals surface area contributed by atoms with Crippen molar-refractivity contribution in [1.82, 2.24) is 4.57 Å². The summed E-state index contributed by atoms with van der Waals surface area (Å²) >= 11 is 0. The first-order valence-corrected chi connectivity index (χ1v) is 8.40. The van der Waals surface area contributed by atoms with Crippen LogP contribution in [0.4, 0.5) is 0 Å². The molecule has 0 aliphatic carbocycles. The van der Waals surface area contributed by atoms with Crippen molar-refractivity contribution in [2.24, 2.45) is 0 Å². The highest BCUT2D eigenvalue weighted by molar-refractivity contribution is 4.83. The van der Waals surface area contributed by atoms with Gasteiger partial charge in [0, 0.05) is 6.42 Å². The second-order valence-corrected chi connectivity index (χ2v) is 5.57. The lowest BCUT2D eigenvalue weighted by molar-refractivity contribution is -0.700. The van der Waals surface area contributed by atoms with Crippen LogP contribution in [0.3, 0.4) is 0 Å². The standard InChI is InChI=1S/C17H33N2/c1-4-7-8-9-10-11-12-14-19-16-15-18(6-3)17(19)13-5-2/h15-16H,4-14H2,1-3H3/q+1. The molecule has 19 heavy (non-hydrogen) atoms. The van der Waals surface area contributed by atoms with Gasteiger partial charge in [-0.15, -0.1) is 0 Å². The smallest absolute Gasteiger partial charge is 0.235 e. The van der Waals surface area contributed by atoms with Crippen molar-refractivity contribution >= 4 is 0 Å². The first-order chi connectivity index (χ1) is 9.33. The number of unbranched alkanes of at least 4 members (excludes halogenated alkanes) is 6. The van der Waals surface area contributed by atoms with Crippen molar-refractivity contribution in [2.75, 3.05) is 0 Å². The summed E-state index contributed by atoms with van der Waals surface area (Å²) < 4.78 is 4.86.